The summed E-state index contributed by atoms with van der Waals surface area (Å²) >= 11 is 1.59. The fourth-order valence-electron chi connectivity index (χ4n) is 10.2. The van der Waals surface area contributed by atoms with Gasteiger partial charge in [-0.1, -0.05) is 50.2 Å². The van der Waals surface area contributed by atoms with Crippen LogP contribution in [0.2, 0.25) is 0 Å². The zero-order valence-corrected chi connectivity index (χ0v) is 40.6. The van der Waals surface area contributed by atoms with Crippen LogP contribution in [0.4, 0.5) is 11.5 Å². The number of ether oxygens (including phenoxy) is 1. The number of carbonyl (C=O) groups is 2. The number of piperazine rings is 1. The van der Waals surface area contributed by atoms with Crippen molar-refractivity contribution >= 4 is 34.7 Å². The number of nitrogens with one attached hydrogen (secondary N) is 2. The van der Waals surface area contributed by atoms with Crippen molar-refractivity contribution in [2.45, 2.75) is 97.1 Å². The van der Waals surface area contributed by atoms with Gasteiger partial charge in [0, 0.05) is 77.0 Å². The number of amides is 2. The monoisotopic (exact) mass is 934 g/mol. The number of piperidine rings is 1. The highest BCUT2D eigenvalue weighted by Crippen LogP contribution is 2.36. The van der Waals surface area contributed by atoms with Gasteiger partial charge in [-0.05, 0) is 93.4 Å². The van der Waals surface area contributed by atoms with E-state index < -0.39 is 18.1 Å². The number of likely N-dealkylation sites (tertiary alicyclic amines) is 2. The average molecular weight is 935 g/mol. The molecule has 2 amide bonds. The summed E-state index contributed by atoms with van der Waals surface area (Å²) in [7, 11) is 1.86. The molecule has 67 heavy (non-hydrogen) atoms. The first-order chi connectivity index (χ1) is 32.3. The van der Waals surface area contributed by atoms with Crippen molar-refractivity contribution in [1.82, 2.24) is 40.4 Å². The number of aliphatic hydroxyl groups is 1. The zero-order valence-electron chi connectivity index (χ0n) is 39.8. The first kappa shape index (κ1) is 47.9. The van der Waals surface area contributed by atoms with Gasteiger partial charge in [0.05, 0.1) is 39.6 Å². The molecule has 16 nitrogen and oxygen atoms in total. The molecular formula is C50H66N10O6S. The second-order valence-electron chi connectivity index (χ2n) is 19.0. The summed E-state index contributed by atoms with van der Waals surface area (Å²) in [5.74, 6) is 0.635. The number of thiazole rings is 1. The predicted molar refractivity (Wildman–Crippen MR) is 260 cm³/mol. The number of nitrogens with zero attached hydrogens (tertiary/aromatic N) is 8. The molecule has 3 saturated heterocycles. The van der Waals surface area contributed by atoms with Crippen LogP contribution in [0, 0.1) is 18.8 Å². The summed E-state index contributed by atoms with van der Waals surface area (Å²) in [4.78, 5) is 42.5. The molecule has 7 atom stereocenters. The highest BCUT2D eigenvalue weighted by Gasteiger charge is 2.44. The predicted octanol–water partition coefficient (Wildman–Crippen LogP) is 6.58. The molecule has 8 rings (SSSR count). The number of benzene rings is 2. The number of β-amino-alcohol motifs (C(OH)–C–C–N with tert-alkyl or cyclic N) is 1. The summed E-state index contributed by atoms with van der Waals surface area (Å²) in [6.45, 7) is 18.6. The number of carbonyl (C=O) groups excluding carboxylic acids is 2. The van der Waals surface area contributed by atoms with Crippen molar-refractivity contribution in [3.8, 4) is 33.3 Å². The van der Waals surface area contributed by atoms with E-state index in [9.17, 15) is 19.8 Å². The zero-order chi connectivity index (χ0) is 47.4. The lowest BCUT2D eigenvalue weighted by Crippen LogP contribution is -2.54. The van der Waals surface area contributed by atoms with Crippen molar-refractivity contribution in [2.24, 2.45) is 11.8 Å². The Morgan fingerprint density at radius 2 is 1.78 bits per heavy atom. The fraction of sp³-hybridized carbons (Fsp3) is 0.520. The summed E-state index contributed by atoms with van der Waals surface area (Å²) in [6.07, 6.45) is 1.45. The number of para-hydroxylation sites is 1. The van der Waals surface area contributed by atoms with Crippen molar-refractivity contribution in [1.29, 1.82) is 0 Å². The molecule has 3 aliphatic heterocycles. The number of phenolic OH excluding ortho intramolecular Hbond substituents is 1. The molecule has 0 bridgehead atoms. The highest BCUT2D eigenvalue weighted by molar-refractivity contribution is 7.13. The largest absolute Gasteiger partial charge is 0.507 e. The molecule has 5 aromatic rings. The van der Waals surface area contributed by atoms with E-state index in [-0.39, 0.29) is 54.6 Å². The third kappa shape index (κ3) is 11.1. The number of hydrogen-bond acceptors (Lipinski definition) is 15. The van der Waals surface area contributed by atoms with Crippen LogP contribution in [-0.2, 0) is 9.59 Å². The van der Waals surface area contributed by atoms with Crippen LogP contribution >= 0.6 is 11.3 Å². The summed E-state index contributed by atoms with van der Waals surface area (Å²) in [6, 6.07) is 18.1. The van der Waals surface area contributed by atoms with Crippen LogP contribution in [-0.4, -0.2) is 141 Å². The van der Waals surface area contributed by atoms with Crippen LogP contribution in [0.15, 0.2) is 70.7 Å². The van der Waals surface area contributed by atoms with E-state index in [0.717, 1.165) is 85.4 Å². The van der Waals surface area contributed by atoms with E-state index in [1.54, 1.807) is 29.5 Å². The molecule has 3 aromatic heterocycles. The standard InChI is InChI=1S/C50H66N10O6S/c1-30(2)46(50(64)60-28-38(61)21-42(60)49(63)53-33(5)36-14-16-37(17-15-36)47-34(6)52-29-67-47)44-23-45(56-66-44)65-32(4)25-57-18-10-11-35(26-57)27-58-19-20-59(31(3)24-58)41-22-40(54-55-48(41)51-7)39-12-8-9-13-43(39)62/h8-9,12-17,22-23,29-33,35,38,42,46,61-62H,10-11,18-21,24-28H2,1-7H3,(H,51,55)(H,53,63)/t31-,32?,33-,35?,38+,42-,46+/m0/s1. The first-order valence-corrected chi connectivity index (χ1v) is 24.6. The lowest BCUT2D eigenvalue weighted by Gasteiger charge is -2.44. The highest BCUT2D eigenvalue weighted by atomic mass is 32.1. The third-order valence-corrected chi connectivity index (χ3v) is 14.5. The fourth-order valence-corrected chi connectivity index (χ4v) is 11.0. The van der Waals surface area contributed by atoms with E-state index >= 15 is 0 Å². The van der Waals surface area contributed by atoms with Crippen LogP contribution in [0.25, 0.3) is 21.7 Å². The molecule has 358 valence electrons. The Morgan fingerprint density at radius 3 is 2.49 bits per heavy atom. The van der Waals surface area contributed by atoms with Crippen LogP contribution in [0.1, 0.15) is 82.9 Å². The lowest BCUT2D eigenvalue weighted by atomic mass is 9.91. The second kappa shape index (κ2) is 21.1. The minimum absolute atomic E-state index is 0.0571. The Balaban J connectivity index is 0.828. The summed E-state index contributed by atoms with van der Waals surface area (Å²) in [5, 5.41) is 40.7. The first-order valence-electron chi connectivity index (χ1n) is 23.7. The number of phenols is 1. The van der Waals surface area contributed by atoms with Gasteiger partial charge in [0.15, 0.2) is 11.6 Å². The molecule has 17 heteroatoms. The Kier molecular flexibility index (Phi) is 15.1. The molecule has 2 aromatic carbocycles. The number of aliphatic hydroxyl groups excluding tert-OH is 1. The minimum Gasteiger partial charge on any atom is -0.507 e. The van der Waals surface area contributed by atoms with Gasteiger partial charge >= 0.3 is 0 Å². The van der Waals surface area contributed by atoms with Gasteiger partial charge in [0.2, 0.25) is 11.8 Å². The second-order valence-corrected chi connectivity index (χ2v) is 19.9. The number of anilines is 2. The van der Waals surface area contributed by atoms with Crippen LogP contribution in [0.3, 0.4) is 0 Å². The average Bonchev–Trinajstić information content (AvgIpc) is 4.06. The van der Waals surface area contributed by atoms with Crippen molar-refractivity contribution in [3.63, 3.8) is 0 Å². The Hall–Kier alpha value is -5.62. The Bertz CT molecular complexity index is 2460. The number of aryl methyl sites for hydroxylation is 1. The van der Waals surface area contributed by atoms with Gasteiger partial charge in [-0.2, -0.15) is 0 Å². The van der Waals surface area contributed by atoms with Crippen molar-refractivity contribution in [2.75, 3.05) is 69.6 Å². The smallest absolute Gasteiger partial charge is 0.254 e. The maximum atomic E-state index is 14.3. The SMILES string of the molecule is CNc1nnc(-c2ccccc2O)cc1N1CCN(CC2CCCN(CC(C)Oc3cc([C@H](C(=O)N4C[C@H](O)C[C@H]4C(=O)N[C@@H](C)c4ccc(-c5scnc5C)cc4)C(C)C)on3)C2)C[C@@H]1C. The van der Waals surface area contributed by atoms with Crippen LogP contribution < -0.4 is 20.3 Å². The number of rotatable bonds is 16. The Labute approximate surface area is 397 Å². The molecule has 3 aliphatic rings. The maximum absolute atomic E-state index is 14.3. The van der Waals surface area contributed by atoms with E-state index in [0.29, 0.717) is 28.8 Å². The summed E-state index contributed by atoms with van der Waals surface area (Å²) < 4.78 is 12.1. The molecule has 4 N–H and O–H groups in total. The lowest BCUT2D eigenvalue weighted by molar-refractivity contribution is -0.141. The quantitative estimate of drug-likeness (QED) is 0.0832. The maximum Gasteiger partial charge on any atom is 0.254 e. The number of aromatic hydroxyl groups is 1. The number of hydrogen-bond donors (Lipinski definition) is 4. The van der Waals surface area contributed by atoms with Gasteiger partial charge in [-0.3, -0.25) is 19.4 Å². The van der Waals surface area contributed by atoms with Gasteiger partial charge in [-0.25, -0.2) is 4.98 Å². The van der Waals surface area contributed by atoms with Gasteiger partial charge in [0.1, 0.15) is 23.8 Å². The molecule has 0 aliphatic carbocycles. The molecular weight excluding hydrogens is 869 g/mol. The Morgan fingerprint density at radius 1 is 0.985 bits per heavy atom. The topological polar surface area (TPSA) is 186 Å². The van der Waals surface area contributed by atoms with E-state index in [4.69, 9.17) is 9.26 Å². The molecule has 0 spiro atoms. The van der Waals surface area contributed by atoms with E-state index in [1.807, 2.05) is 89.6 Å². The molecule has 2 unspecified atom stereocenters. The molecule has 6 heterocycles. The third-order valence-electron chi connectivity index (χ3n) is 13.6. The van der Waals surface area contributed by atoms with Gasteiger partial charge in [0.25, 0.3) is 5.88 Å². The van der Waals surface area contributed by atoms with E-state index in [2.05, 4.69) is 52.6 Å². The molecule has 0 radical (unpaired) electrons. The normalized spacial score (nSPS) is 21.9. The summed E-state index contributed by atoms with van der Waals surface area (Å²) in [5.41, 5.74) is 7.11. The molecule has 3 fully saturated rings. The van der Waals surface area contributed by atoms with Crippen molar-refractivity contribution < 1.29 is 29.1 Å². The van der Waals surface area contributed by atoms with Gasteiger partial charge in [-0.15, -0.1) is 21.5 Å². The van der Waals surface area contributed by atoms with E-state index in [1.165, 1.54) is 11.3 Å². The van der Waals surface area contributed by atoms with Crippen molar-refractivity contribution in [3.05, 3.63) is 83.2 Å². The minimum atomic E-state index is -0.827. The number of aromatic nitrogens is 4. The molecule has 0 saturated carbocycles. The van der Waals surface area contributed by atoms with Crippen LogP contribution in [0.5, 0.6) is 11.6 Å². The van der Waals surface area contributed by atoms with Gasteiger partial charge < -0.3 is 39.9 Å².